The molecule has 3 atom stereocenters. The summed E-state index contributed by atoms with van der Waals surface area (Å²) in [4.78, 5) is 12.3. The lowest BCUT2D eigenvalue weighted by atomic mass is 9.90. The van der Waals surface area contributed by atoms with E-state index in [1.807, 2.05) is 12.1 Å². The van der Waals surface area contributed by atoms with Gasteiger partial charge >= 0.3 is 0 Å². The molecule has 0 spiro atoms. The number of nitrogens with one attached hydrogen (secondary N) is 1. The second kappa shape index (κ2) is 6.22. The van der Waals surface area contributed by atoms with Gasteiger partial charge in [0.1, 0.15) is 11.5 Å². The maximum atomic E-state index is 12.3. The van der Waals surface area contributed by atoms with Crippen molar-refractivity contribution in [1.29, 1.82) is 0 Å². The highest BCUT2D eigenvalue weighted by Crippen LogP contribution is 2.66. The van der Waals surface area contributed by atoms with Crippen LogP contribution in [0.1, 0.15) is 38.2 Å². The van der Waals surface area contributed by atoms with E-state index < -0.39 is 0 Å². The molecule has 3 rings (SSSR count). The minimum atomic E-state index is 0.0446. The molecule has 0 bridgehead atoms. The number of hydrogen-bond acceptors (Lipinski definition) is 4. The highest BCUT2D eigenvalue weighted by molar-refractivity contribution is 5.87. The molecule has 124 valence electrons. The first kappa shape index (κ1) is 15.8. The number of carbonyl (C=O) groups excluding carboxylic acids is 1. The molecule has 5 heteroatoms. The molecule has 0 aliphatic heterocycles. The lowest BCUT2D eigenvalue weighted by Crippen LogP contribution is -2.22. The molecule has 0 unspecified atom stereocenters. The van der Waals surface area contributed by atoms with E-state index in [1.54, 1.807) is 26.5 Å². The van der Waals surface area contributed by atoms with Crippen molar-refractivity contribution in [2.24, 2.45) is 22.4 Å². The normalized spacial score (nSPS) is 29.0. The third kappa shape index (κ3) is 2.92. The molecule has 5 nitrogen and oxygen atoms in total. The SMILES string of the molecule is COc1ccc(/C=N/NC(=O)[C@H]2[C@H]3CCCC[C@]32C)c(OC)c1. The van der Waals surface area contributed by atoms with E-state index >= 15 is 0 Å². The van der Waals surface area contributed by atoms with Crippen LogP contribution < -0.4 is 14.9 Å². The van der Waals surface area contributed by atoms with Crippen LogP contribution in [-0.2, 0) is 4.79 Å². The maximum absolute atomic E-state index is 12.3. The fourth-order valence-electron chi connectivity index (χ4n) is 4.01. The largest absolute Gasteiger partial charge is 0.497 e. The van der Waals surface area contributed by atoms with E-state index in [1.165, 1.54) is 19.3 Å². The van der Waals surface area contributed by atoms with Crippen LogP contribution in [0.25, 0.3) is 0 Å². The van der Waals surface area contributed by atoms with Gasteiger partial charge in [0.15, 0.2) is 0 Å². The summed E-state index contributed by atoms with van der Waals surface area (Å²) in [6.45, 7) is 2.23. The molecule has 1 N–H and O–H groups in total. The molecule has 0 saturated heterocycles. The number of methoxy groups -OCH3 is 2. The number of benzene rings is 1. The Morgan fingerprint density at radius 3 is 2.83 bits per heavy atom. The number of hydrazone groups is 1. The number of fused-ring (bicyclic) bond motifs is 1. The van der Waals surface area contributed by atoms with Crippen molar-refractivity contribution >= 4 is 12.1 Å². The van der Waals surface area contributed by atoms with Gasteiger partial charge in [-0.25, -0.2) is 5.43 Å². The van der Waals surface area contributed by atoms with Crippen LogP contribution in [-0.4, -0.2) is 26.3 Å². The van der Waals surface area contributed by atoms with Gasteiger partial charge < -0.3 is 9.47 Å². The maximum Gasteiger partial charge on any atom is 0.244 e. The Labute approximate surface area is 137 Å². The Kier molecular flexibility index (Phi) is 4.28. The van der Waals surface area contributed by atoms with E-state index in [9.17, 15) is 4.79 Å². The molecule has 1 aromatic carbocycles. The van der Waals surface area contributed by atoms with E-state index in [-0.39, 0.29) is 17.2 Å². The van der Waals surface area contributed by atoms with Gasteiger partial charge in [-0.2, -0.15) is 5.10 Å². The van der Waals surface area contributed by atoms with Crippen LogP contribution in [0.15, 0.2) is 23.3 Å². The van der Waals surface area contributed by atoms with Gasteiger partial charge in [0, 0.05) is 17.5 Å². The van der Waals surface area contributed by atoms with E-state index in [2.05, 4.69) is 17.5 Å². The topological polar surface area (TPSA) is 59.9 Å². The zero-order valence-corrected chi connectivity index (χ0v) is 14.0. The third-order valence-corrected chi connectivity index (χ3v) is 5.43. The quantitative estimate of drug-likeness (QED) is 0.671. The van der Waals surface area contributed by atoms with Gasteiger partial charge in [-0.1, -0.05) is 19.8 Å². The first-order chi connectivity index (χ1) is 11.1. The van der Waals surface area contributed by atoms with Gasteiger partial charge in [-0.15, -0.1) is 0 Å². The summed E-state index contributed by atoms with van der Waals surface area (Å²) in [5.74, 6) is 2.09. The zero-order chi connectivity index (χ0) is 16.4. The fourth-order valence-corrected chi connectivity index (χ4v) is 4.01. The average Bonchev–Trinajstić information content (AvgIpc) is 3.20. The molecule has 1 aromatic rings. The van der Waals surface area contributed by atoms with Gasteiger partial charge in [0.2, 0.25) is 5.91 Å². The van der Waals surface area contributed by atoms with Crippen molar-refractivity contribution < 1.29 is 14.3 Å². The van der Waals surface area contributed by atoms with Crippen LogP contribution >= 0.6 is 0 Å². The lowest BCUT2D eigenvalue weighted by Gasteiger charge is -2.15. The number of hydrogen-bond donors (Lipinski definition) is 1. The number of ether oxygens (including phenoxy) is 2. The van der Waals surface area contributed by atoms with Gasteiger partial charge in [-0.05, 0) is 36.3 Å². The zero-order valence-electron chi connectivity index (χ0n) is 14.0. The lowest BCUT2D eigenvalue weighted by molar-refractivity contribution is -0.123. The minimum absolute atomic E-state index is 0.0446. The molecule has 0 radical (unpaired) electrons. The smallest absolute Gasteiger partial charge is 0.244 e. The summed E-state index contributed by atoms with van der Waals surface area (Å²) in [7, 11) is 3.21. The van der Waals surface area contributed by atoms with Crippen LogP contribution in [0.5, 0.6) is 11.5 Å². The highest BCUT2D eigenvalue weighted by Gasteiger charge is 2.64. The molecule has 2 aliphatic rings. The summed E-state index contributed by atoms with van der Waals surface area (Å²) in [5, 5.41) is 4.11. The van der Waals surface area contributed by atoms with Crippen LogP contribution in [0.4, 0.5) is 0 Å². The first-order valence-corrected chi connectivity index (χ1v) is 8.15. The molecule has 2 saturated carbocycles. The second-order valence-electron chi connectivity index (χ2n) is 6.68. The number of rotatable bonds is 5. The summed E-state index contributed by atoms with van der Waals surface area (Å²) in [6, 6.07) is 5.48. The van der Waals surface area contributed by atoms with Crippen molar-refractivity contribution in [1.82, 2.24) is 5.43 Å². The fraction of sp³-hybridized carbons (Fsp3) is 0.556. The number of nitrogens with zero attached hydrogens (tertiary/aromatic N) is 1. The summed E-state index contributed by atoms with van der Waals surface area (Å²) >= 11 is 0. The Hall–Kier alpha value is -2.04. The monoisotopic (exact) mass is 316 g/mol. The number of carbonyl (C=O) groups is 1. The van der Waals surface area contributed by atoms with Crippen LogP contribution in [0.2, 0.25) is 0 Å². The van der Waals surface area contributed by atoms with E-state index in [0.717, 1.165) is 17.7 Å². The summed E-state index contributed by atoms with van der Waals surface area (Å²) in [6.07, 6.45) is 6.43. The minimum Gasteiger partial charge on any atom is -0.497 e. The van der Waals surface area contributed by atoms with Crippen molar-refractivity contribution in [2.75, 3.05) is 14.2 Å². The first-order valence-electron chi connectivity index (χ1n) is 8.15. The van der Waals surface area contributed by atoms with E-state index in [0.29, 0.717) is 11.7 Å². The Morgan fingerprint density at radius 2 is 2.17 bits per heavy atom. The second-order valence-corrected chi connectivity index (χ2v) is 6.68. The predicted octanol–water partition coefficient (Wildman–Crippen LogP) is 2.98. The molecule has 0 heterocycles. The Morgan fingerprint density at radius 1 is 1.35 bits per heavy atom. The molecular weight excluding hydrogens is 292 g/mol. The van der Waals surface area contributed by atoms with Crippen molar-refractivity contribution in [2.45, 2.75) is 32.6 Å². The van der Waals surface area contributed by atoms with Gasteiger partial charge in [0.05, 0.1) is 20.4 Å². The van der Waals surface area contributed by atoms with Gasteiger partial charge in [0.25, 0.3) is 0 Å². The molecule has 1 amide bonds. The van der Waals surface area contributed by atoms with Crippen LogP contribution in [0.3, 0.4) is 0 Å². The average molecular weight is 316 g/mol. The summed E-state index contributed by atoms with van der Waals surface area (Å²) < 4.78 is 10.5. The molecule has 2 aliphatic carbocycles. The van der Waals surface area contributed by atoms with E-state index in [4.69, 9.17) is 9.47 Å². The molecule has 0 aromatic heterocycles. The van der Waals surface area contributed by atoms with Gasteiger partial charge in [-0.3, -0.25) is 4.79 Å². The molecule has 2 fully saturated rings. The highest BCUT2D eigenvalue weighted by atomic mass is 16.5. The summed E-state index contributed by atoms with van der Waals surface area (Å²) in [5.41, 5.74) is 3.70. The number of amides is 1. The molecule has 23 heavy (non-hydrogen) atoms. The molecular formula is C18H24N2O3. The van der Waals surface area contributed by atoms with Crippen molar-refractivity contribution in [3.8, 4) is 11.5 Å². The Bertz CT molecular complexity index is 629. The van der Waals surface area contributed by atoms with Crippen LogP contribution in [0, 0.1) is 17.3 Å². The third-order valence-electron chi connectivity index (χ3n) is 5.43. The Balaban J connectivity index is 1.62. The predicted molar refractivity (Wildman–Crippen MR) is 88.8 cm³/mol. The van der Waals surface area contributed by atoms with Crippen molar-refractivity contribution in [3.05, 3.63) is 23.8 Å². The standard InChI is InChI=1S/C18H24N2O3/c1-18-9-5-4-6-14(18)16(18)17(21)20-19-11-12-7-8-13(22-2)10-15(12)23-3/h7-8,10-11,14,16H,4-6,9H2,1-3H3,(H,20,21)/b19-11+/t14-,16-,18-/m1/s1. The van der Waals surface area contributed by atoms with Crippen molar-refractivity contribution in [3.63, 3.8) is 0 Å².